The van der Waals surface area contributed by atoms with Gasteiger partial charge in [0.25, 0.3) is 0 Å². The molecule has 0 saturated carbocycles. The zero-order chi connectivity index (χ0) is 41.6. The summed E-state index contributed by atoms with van der Waals surface area (Å²) in [5.74, 6) is 1.81. The van der Waals surface area contributed by atoms with E-state index in [1.165, 1.54) is 110 Å². The van der Waals surface area contributed by atoms with Crippen molar-refractivity contribution >= 4 is 43.1 Å². The predicted molar refractivity (Wildman–Crippen MR) is 258 cm³/mol. The molecule has 2 heteroatoms. The number of aryl methyl sites for hydroxylation is 2. The van der Waals surface area contributed by atoms with Gasteiger partial charge in [-0.15, -0.1) is 0 Å². The number of methoxy groups -OCH3 is 2. The maximum Gasteiger partial charge on any atom is 0.121 e. The Balaban J connectivity index is 1.08. The van der Waals surface area contributed by atoms with Crippen LogP contribution in [0.4, 0.5) is 0 Å². The largest absolute Gasteiger partial charge is 0.496 e. The molecule has 10 aromatic rings. The van der Waals surface area contributed by atoms with Gasteiger partial charge < -0.3 is 9.47 Å². The van der Waals surface area contributed by atoms with E-state index in [1.807, 2.05) is 0 Å². The molecule has 1 aliphatic rings. The zero-order valence-electron chi connectivity index (χ0n) is 35.5. The molecular weight excluding hydrogens is 741 g/mol. The highest BCUT2D eigenvalue weighted by Gasteiger charge is 2.36. The second-order valence-electron chi connectivity index (χ2n) is 17.2. The fourth-order valence-electron chi connectivity index (χ4n) is 10.6. The van der Waals surface area contributed by atoms with Gasteiger partial charge in [-0.3, -0.25) is 0 Å². The Kier molecular flexibility index (Phi) is 8.44. The van der Waals surface area contributed by atoms with Crippen LogP contribution in [0.25, 0.3) is 98.7 Å². The quantitative estimate of drug-likeness (QED) is 0.156. The standard InChI is InChI=1S/C59H46O2/c1-35-31-37(25-29-53(35)60-5)55-43-15-7-11-19-47(43)57(48-20-12-8-16-44(48)55)39-23-27-41-42-28-24-40(34-52(42)59(3,4)51(41)33-39)58-49-21-13-9-17-45(49)56(46-18-10-14-22-50(46)58)38-26-30-54(61-6)36(2)32-38/h7-34H,1-6H3. The first-order valence-electron chi connectivity index (χ1n) is 21.2. The van der Waals surface area contributed by atoms with Crippen LogP contribution in [0.3, 0.4) is 0 Å². The molecule has 0 radical (unpaired) electrons. The molecule has 0 heterocycles. The van der Waals surface area contributed by atoms with E-state index in [2.05, 4.69) is 198 Å². The molecule has 61 heavy (non-hydrogen) atoms. The third-order valence-corrected chi connectivity index (χ3v) is 13.5. The highest BCUT2D eigenvalue weighted by molar-refractivity contribution is 6.23. The minimum Gasteiger partial charge on any atom is -0.496 e. The van der Waals surface area contributed by atoms with Crippen molar-refractivity contribution in [3.63, 3.8) is 0 Å². The van der Waals surface area contributed by atoms with Crippen LogP contribution in [0.5, 0.6) is 11.5 Å². The van der Waals surface area contributed by atoms with E-state index in [4.69, 9.17) is 9.47 Å². The molecule has 0 aromatic heterocycles. The van der Waals surface area contributed by atoms with Gasteiger partial charge in [0.1, 0.15) is 11.5 Å². The van der Waals surface area contributed by atoms with Gasteiger partial charge in [-0.05, 0) is 171 Å². The van der Waals surface area contributed by atoms with Crippen molar-refractivity contribution in [3.05, 3.63) is 192 Å². The SMILES string of the molecule is COc1ccc(-c2c3ccccc3c(-c3ccc4c(c3)C(C)(C)c3cc(-c5c6ccccc6c(-c6ccc(OC)c(C)c6)c6ccccc56)ccc3-4)c3ccccc23)cc1C. The van der Waals surface area contributed by atoms with Gasteiger partial charge in [0, 0.05) is 5.41 Å². The summed E-state index contributed by atoms with van der Waals surface area (Å²) in [4.78, 5) is 0. The topological polar surface area (TPSA) is 18.5 Å². The summed E-state index contributed by atoms with van der Waals surface area (Å²) in [6.45, 7) is 9.06. The van der Waals surface area contributed by atoms with E-state index in [1.54, 1.807) is 14.2 Å². The van der Waals surface area contributed by atoms with Crippen LogP contribution in [0.1, 0.15) is 36.1 Å². The molecule has 294 valence electrons. The van der Waals surface area contributed by atoms with E-state index < -0.39 is 0 Å². The smallest absolute Gasteiger partial charge is 0.121 e. The molecule has 0 bridgehead atoms. The first kappa shape index (κ1) is 36.9. The van der Waals surface area contributed by atoms with E-state index in [0.29, 0.717) is 0 Å². The molecule has 2 nitrogen and oxygen atoms in total. The zero-order valence-corrected chi connectivity index (χ0v) is 35.5. The van der Waals surface area contributed by atoms with E-state index >= 15 is 0 Å². The van der Waals surface area contributed by atoms with Crippen molar-refractivity contribution in [1.29, 1.82) is 0 Å². The van der Waals surface area contributed by atoms with Crippen molar-refractivity contribution in [2.45, 2.75) is 33.1 Å². The highest BCUT2D eigenvalue weighted by Crippen LogP contribution is 2.53. The average Bonchev–Trinajstić information content (AvgIpc) is 3.51. The van der Waals surface area contributed by atoms with Gasteiger partial charge >= 0.3 is 0 Å². The average molecular weight is 787 g/mol. The number of ether oxygens (including phenoxy) is 2. The number of rotatable bonds is 6. The van der Waals surface area contributed by atoms with Crippen molar-refractivity contribution in [1.82, 2.24) is 0 Å². The Morgan fingerprint density at radius 1 is 0.328 bits per heavy atom. The predicted octanol–water partition coefficient (Wildman–Crippen LogP) is 15.9. The minimum absolute atomic E-state index is 0.227. The third kappa shape index (κ3) is 5.55. The Hall–Kier alpha value is -7.16. The van der Waals surface area contributed by atoms with Crippen molar-refractivity contribution in [2.24, 2.45) is 0 Å². The second kappa shape index (κ2) is 14.0. The Labute approximate surface area is 357 Å². The van der Waals surface area contributed by atoms with Crippen LogP contribution < -0.4 is 9.47 Å². The van der Waals surface area contributed by atoms with Gasteiger partial charge in [0.05, 0.1) is 14.2 Å². The van der Waals surface area contributed by atoms with Crippen molar-refractivity contribution in [3.8, 4) is 67.1 Å². The van der Waals surface area contributed by atoms with Gasteiger partial charge in [-0.1, -0.05) is 147 Å². The fourth-order valence-corrected chi connectivity index (χ4v) is 10.6. The first-order valence-corrected chi connectivity index (χ1v) is 21.2. The number of benzene rings is 10. The Bertz CT molecular complexity index is 3100. The fraction of sp³-hybridized carbons (Fsp3) is 0.119. The Morgan fingerprint density at radius 2 is 0.590 bits per heavy atom. The highest BCUT2D eigenvalue weighted by atomic mass is 16.5. The van der Waals surface area contributed by atoms with Crippen LogP contribution in [0.15, 0.2) is 170 Å². The monoisotopic (exact) mass is 786 g/mol. The number of hydrogen-bond acceptors (Lipinski definition) is 2. The Morgan fingerprint density at radius 3 is 0.852 bits per heavy atom. The van der Waals surface area contributed by atoms with Gasteiger partial charge in [-0.25, -0.2) is 0 Å². The number of hydrogen-bond donors (Lipinski definition) is 0. The maximum absolute atomic E-state index is 5.65. The molecule has 0 spiro atoms. The van der Waals surface area contributed by atoms with Crippen LogP contribution in [-0.2, 0) is 5.41 Å². The van der Waals surface area contributed by atoms with Crippen LogP contribution in [0.2, 0.25) is 0 Å². The molecule has 0 unspecified atom stereocenters. The maximum atomic E-state index is 5.65. The van der Waals surface area contributed by atoms with Crippen LogP contribution >= 0.6 is 0 Å². The van der Waals surface area contributed by atoms with Crippen LogP contribution in [0, 0.1) is 13.8 Å². The molecular formula is C59H46O2. The summed E-state index contributed by atoms with van der Waals surface area (Å²) in [6.07, 6.45) is 0. The molecule has 0 amide bonds. The van der Waals surface area contributed by atoms with Crippen molar-refractivity contribution < 1.29 is 9.47 Å². The molecule has 0 aliphatic heterocycles. The molecule has 0 fully saturated rings. The molecule has 11 rings (SSSR count). The van der Waals surface area contributed by atoms with Crippen LogP contribution in [-0.4, -0.2) is 14.2 Å². The lowest BCUT2D eigenvalue weighted by Crippen LogP contribution is -2.15. The third-order valence-electron chi connectivity index (χ3n) is 13.5. The second-order valence-corrected chi connectivity index (χ2v) is 17.2. The lowest BCUT2D eigenvalue weighted by molar-refractivity contribution is 0.411. The normalized spacial score (nSPS) is 12.9. The van der Waals surface area contributed by atoms with Crippen molar-refractivity contribution in [2.75, 3.05) is 14.2 Å². The van der Waals surface area contributed by atoms with E-state index in [-0.39, 0.29) is 5.41 Å². The molecule has 0 N–H and O–H groups in total. The van der Waals surface area contributed by atoms with E-state index in [0.717, 1.165) is 22.6 Å². The van der Waals surface area contributed by atoms with E-state index in [9.17, 15) is 0 Å². The summed E-state index contributed by atoms with van der Waals surface area (Å²) >= 11 is 0. The summed E-state index contributed by atoms with van der Waals surface area (Å²) in [5, 5.41) is 10.0. The van der Waals surface area contributed by atoms with Gasteiger partial charge in [0.2, 0.25) is 0 Å². The molecule has 1 aliphatic carbocycles. The number of fused-ring (bicyclic) bond motifs is 7. The minimum atomic E-state index is -0.227. The summed E-state index contributed by atoms with van der Waals surface area (Å²) < 4.78 is 11.3. The summed E-state index contributed by atoms with van der Waals surface area (Å²) in [7, 11) is 3.48. The lowest BCUT2D eigenvalue weighted by atomic mass is 9.79. The molecule has 0 saturated heterocycles. The summed E-state index contributed by atoms with van der Waals surface area (Å²) in [5.41, 5.74) is 17.3. The summed E-state index contributed by atoms with van der Waals surface area (Å²) in [6, 6.07) is 63.2. The molecule has 0 atom stereocenters. The molecule has 10 aromatic carbocycles. The van der Waals surface area contributed by atoms with Gasteiger partial charge in [0.15, 0.2) is 0 Å². The lowest BCUT2D eigenvalue weighted by Gasteiger charge is -2.24. The van der Waals surface area contributed by atoms with Gasteiger partial charge in [-0.2, -0.15) is 0 Å². The first-order chi connectivity index (χ1) is 29.8.